The first kappa shape index (κ1) is 16.3. The maximum atomic E-state index is 5.91. The molecule has 0 amide bonds. The number of nitrogens with one attached hydrogen (secondary N) is 2. The molecule has 0 fully saturated rings. The molecule has 0 radical (unpaired) electrons. The van der Waals surface area contributed by atoms with E-state index in [1.807, 2.05) is 49.4 Å². The van der Waals surface area contributed by atoms with Gasteiger partial charge in [0.15, 0.2) is 0 Å². The zero-order valence-corrected chi connectivity index (χ0v) is 14.4. The molecule has 0 saturated carbocycles. The molecule has 24 heavy (non-hydrogen) atoms. The number of aryl methyl sites for hydroxylation is 2. The van der Waals surface area contributed by atoms with Crippen LogP contribution in [0.2, 0.25) is 5.02 Å². The van der Waals surface area contributed by atoms with Gasteiger partial charge >= 0.3 is 0 Å². The van der Waals surface area contributed by atoms with E-state index in [9.17, 15) is 0 Å². The largest absolute Gasteiger partial charge is 0.366 e. The van der Waals surface area contributed by atoms with Crippen LogP contribution in [0.5, 0.6) is 0 Å². The summed E-state index contributed by atoms with van der Waals surface area (Å²) in [5, 5.41) is 7.37. The van der Waals surface area contributed by atoms with Crippen molar-refractivity contribution in [1.82, 2.24) is 9.97 Å². The van der Waals surface area contributed by atoms with E-state index in [0.29, 0.717) is 12.4 Å². The van der Waals surface area contributed by atoms with Gasteiger partial charge in [-0.25, -0.2) is 9.97 Å². The minimum Gasteiger partial charge on any atom is -0.366 e. The van der Waals surface area contributed by atoms with Gasteiger partial charge in [-0.3, -0.25) is 0 Å². The van der Waals surface area contributed by atoms with E-state index in [1.165, 1.54) is 5.56 Å². The summed E-state index contributed by atoms with van der Waals surface area (Å²) in [7, 11) is 0. The second-order valence-electron chi connectivity index (χ2n) is 5.66. The molecule has 0 aliphatic heterocycles. The van der Waals surface area contributed by atoms with Crippen molar-refractivity contribution in [2.75, 3.05) is 10.6 Å². The monoisotopic (exact) mass is 338 g/mol. The van der Waals surface area contributed by atoms with Gasteiger partial charge in [0.2, 0.25) is 0 Å². The van der Waals surface area contributed by atoms with Crippen LogP contribution >= 0.6 is 11.6 Å². The average molecular weight is 339 g/mol. The Labute approximate surface area is 146 Å². The molecule has 3 rings (SSSR count). The zero-order chi connectivity index (χ0) is 16.9. The zero-order valence-electron chi connectivity index (χ0n) is 13.7. The first-order chi connectivity index (χ1) is 11.6. The van der Waals surface area contributed by atoms with Crippen LogP contribution in [0.1, 0.15) is 17.0 Å². The fraction of sp³-hybridized carbons (Fsp3) is 0.158. The maximum Gasteiger partial charge on any atom is 0.136 e. The lowest BCUT2D eigenvalue weighted by Crippen LogP contribution is -2.05. The molecule has 0 spiro atoms. The van der Waals surface area contributed by atoms with Gasteiger partial charge in [0, 0.05) is 23.3 Å². The number of hydrogen-bond acceptors (Lipinski definition) is 4. The van der Waals surface area contributed by atoms with E-state index in [1.54, 1.807) is 0 Å². The van der Waals surface area contributed by atoms with Gasteiger partial charge in [0.05, 0.1) is 0 Å². The molecule has 2 N–H and O–H groups in total. The summed E-state index contributed by atoms with van der Waals surface area (Å²) in [6.07, 6.45) is 0. The Morgan fingerprint density at radius 2 is 1.54 bits per heavy atom. The molecule has 1 aromatic heterocycles. The number of nitrogens with zero attached hydrogens (tertiary/aromatic N) is 2. The smallest absolute Gasteiger partial charge is 0.136 e. The number of aromatic nitrogens is 2. The van der Waals surface area contributed by atoms with Crippen LogP contribution in [0.4, 0.5) is 17.3 Å². The highest BCUT2D eigenvalue weighted by Gasteiger charge is 2.03. The molecular formula is C19H19ClN4. The first-order valence-corrected chi connectivity index (χ1v) is 8.14. The summed E-state index contributed by atoms with van der Waals surface area (Å²) in [5.74, 6) is 2.27. The van der Waals surface area contributed by atoms with Crippen molar-refractivity contribution in [3.63, 3.8) is 0 Å². The first-order valence-electron chi connectivity index (χ1n) is 7.76. The molecule has 122 valence electrons. The molecule has 0 bridgehead atoms. The van der Waals surface area contributed by atoms with Gasteiger partial charge in [0.25, 0.3) is 0 Å². The fourth-order valence-corrected chi connectivity index (χ4v) is 2.43. The van der Waals surface area contributed by atoms with Crippen molar-refractivity contribution < 1.29 is 0 Å². The van der Waals surface area contributed by atoms with Crippen LogP contribution in [0.3, 0.4) is 0 Å². The number of anilines is 3. The van der Waals surface area contributed by atoms with Crippen LogP contribution in [-0.4, -0.2) is 9.97 Å². The van der Waals surface area contributed by atoms with Gasteiger partial charge in [-0.15, -0.1) is 0 Å². The van der Waals surface area contributed by atoms with Crippen molar-refractivity contribution in [3.05, 3.63) is 76.6 Å². The summed E-state index contributed by atoms with van der Waals surface area (Å²) >= 11 is 5.91. The van der Waals surface area contributed by atoms with Gasteiger partial charge in [-0.2, -0.15) is 0 Å². The molecule has 0 aliphatic carbocycles. The topological polar surface area (TPSA) is 49.8 Å². The van der Waals surface area contributed by atoms with Crippen molar-refractivity contribution in [1.29, 1.82) is 0 Å². The van der Waals surface area contributed by atoms with E-state index in [2.05, 4.69) is 39.7 Å². The lowest BCUT2D eigenvalue weighted by molar-refractivity contribution is 1.03. The summed E-state index contributed by atoms with van der Waals surface area (Å²) in [6, 6.07) is 17.9. The van der Waals surface area contributed by atoms with Crippen LogP contribution < -0.4 is 10.6 Å². The molecule has 0 unspecified atom stereocenters. The number of rotatable bonds is 5. The normalized spacial score (nSPS) is 10.5. The average Bonchev–Trinajstić information content (AvgIpc) is 2.56. The van der Waals surface area contributed by atoms with Crippen molar-refractivity contribution in [2.24, 2.45) is 0 Å². The van der Waals surface area contributed by atoms with E-state index in [4.69, 9.17) is 11.6 Å². The number of halogens is 1. The number of benzene rings is 2. The van der Waals surface area contributed by atoms with Crippen molar-refractivity contribution in [2.45, 2.75) is 20.4 Å². The Morgan fingerprint density at radius 3 is 2.25 bits per heavy atom. The SMILES string of the molecule is Cc1ccc(Nc2cc(NCc3ccc(Cl)cc3)nc(C)n2)cc1. The lowest BCUT2D eigenvalue weighted by Gasteiger charge is -2.10. The Balaban J connectivity index is 1.71. The Bertz CT molecular complexity index is 814. The fourth-order valence-electron chi connectivity index (χ4n) is 2.30. The summed E-state index contributed by atoms with van der Waals surface area (Å²) in [4.78, 5) is 8.87. The summed E-state index contributed by atoms with van der Waals surface area (Å²) in [5.41, 5.74) is 3.37. The predicted molar refractivity (Wildman–Crippen MR) is 100 cm³/mol. The summed E-state index contributed by atoms with van der Waals surface area (Å²) in [6.45, 7) is 4.63. The van der Waals surface area contributed by atoms with Crippen molar-refractivity contribution in [3.8, 4) is 0 Å². The third-order valence-electron chi connectivity index (χ3n) is 3.55. The molecular weight excluding hydrogens is 320 g/mol. The van der Waals surface area contributed by atoms with E-state index in [-0.39, 0.29) is 0 Å². The third-order valence-corrected chi connectivity index (χ3v) is 3.80. The molecule has 3 aromatic rings. The molecule has 5 heteroatoms. The lowest BCUT2D eigenvalue weighted by atomic mass is 10.2. The van der Waals surface area contributed by atoms with Gasteiger partial charge < -0.3 is 10.6 Å². The van der Waals surface area contributed by atoms with E-state index < -0.39 is 0 Å². The highest BCUT2D eigenvalue weighted by molar-refractivity contribution is 6.30. The standard InChI is InChI=1S/C19H19ClN4/c1-13-3-9-17(10-4-13)24-19-11-18(22-14(2)23-19)21-12-15-5-7-16(20)8-6-15/h3-11H,12H2,1-2H3,(H2,21,22,23,24). The molecule has 2 aromatic carbocycles. The molecule has 1 heterocycles. The van der Waals surface area contributed by atoms with Gasteiger partial charge in [-0.1, -0.05) is 41.4 Å². The van der Waals surface area contributed by atoms with E-state index in [0.717, 1.165) is 27.9 Å². The predicted octanol–water partition coefficient (Wildman–Crippen LogP) is 5.10. The Morgan fingerprint density at radius 1 is 0.875 bits per heavy atom. The minimum absolute atomic E-state index is 0.678. The third kappa shape index (κ3) is 4.46. The van der Waals surface area contributed by atoms with Crippen LogP contribution in [0.25, 0.3) is 0 Å². The Hall–Kier alpha value is -2.59. The minimum atomic E-state index is 0.678. The molecule has 0 atom stereocenters. The molecule has 0 saturated heterocycles. The summed E-state index contributed by atoms with van der Waals surface area (Å²) < 4.78 is 0. The quantitative estimate of drug-likeness (QED) is 0.679. The maximum absolute atomic E-state index is 5.91. The number of hydrogen-bond donors (Lipinski definition) is 2. The highest BCUT2D eigenvalue weighted by atomic mass is 35.5. The van der Waals surface area contributed by atoms with Crippen LogP contribution in [0, 0.1) is 13.8 Å². The molecule has 4 nitrogen and oxygen atoms in total. The van der Waals surface area contributed by atoms with Gasteiger partial charge in [-0.05, 0) is 43.7 Å². The Kier molecular flexibility index (Phi) is 4.96. The van der Waals surface area contributed by atoms with Crippen molar-refractivity contribution >= 4 is 28.9 Å². The van der Waals surface area contributed by atoms with Crippen LogP contribution in [0.15, 0.2) is 54.6 Å². The second-order valence-corrected chi connectivity index (χ2v) is 6.09. The molecule has 0 aliphatic rings. The highest BCUT2D eigenvalue weighted by Crippen LogP contribution is 2.18. The van der Waals surface area contributed by atoms with Gasteiger partial charge in [0.1, 0.15) is 17.5 Å². The van der Waals surface area contributed by atoms with Crippen LogP contribution in [-0.2, 0) is 6.54 Å². The van der Waals surface area contributed by atoms with E-state index >= 15 is 0 Å². The second kappa shape index (κ2) is 7.32.